The minimum atomic E-state index is 0.872. The summed E-state index contributed by atoms with van der Waals surface area (Å²) in [4.78, 5) is 11.5. The third kappa shape index (κ3) is 3.85. The van der Waals surface area contributed by atoms with E-state index in [1.165, 1.54) is 24.5 Å². The van der Waals surface area contributed by atoms with Crippen LogP contribution in [0.1, 0.15) is 17.9 Å². The number of nitrogens with one attached hydrogen (secondary N) is 1. The molecule has 1 aliphatic rings. The monoisotopic (exact) mass is 252 g/mol. The van der Waals surface area contributed by atoms with E-state index in [1.807, 2.05) is 31.8 Å². The van der Waals surface area contributed by atoms with Crippen LogP contribution in [0.2, 0.25) is 0 Å². The molecule has 0 saturated carbocycles. The summed E-state index contributed by atoms with van der Waals surface area (Å²) in [6, 6.07) is 1.97. The fourth-order valence-electron chi connectivity index (χ4n) is 1.98. The molecule has 1 aliphatic heterocycles. The fraction of sp³-hybridized carbons (Fsp3) is 0.667. The number of hydrogen-bond acceptors (Lipinski definition) is 5. The van der Waals surface area contributed by atoms with Gasteiger partial charge in [0.15, 0.2) is 0 Å². The Hall–Kier alpha value is -0.810. The standard InChI is InChI=1S/C12H20N4S/c1-10-8-11(13-2)15-12(14-10)9-16-4-3-6-17-7-5-16/h8H,3-7,9H2,1-2H3,(H,13,14,15). The molecule has 17 heavy (non-hydrogen) atoms. The Balaban J connectivity index is 2.03. The third-order valence-electron chi connectivity index (χ3n) is 2.84. The summed E-state index contributed by atoms with van der Waals surface area (Å²) in [5.74, 6) is 4.36. The highest BCUT2D eigenvalue weighted by atomic mass is 32.2. The van der Waals surface area contributed by atoms with E-state index in [2.05, 4.69) is 20.2 Å². The summed E-state index contributed by atoms with van der Waals surface area (Å²) in [6.07, 6.45) is 1.27. The summed E-state index contributed by atoms with van der Waals surface area (Å²) in [6.45, 7) is 5.21. The summed E-state index contributed by atoms with van der Waals surface area (Å²) in [5.41, 5.74) is 1.03. The van der Waals surface area contributed by atoms with Gasteiger partial charge in [-0.25, -0.2) is 9.97 Å². The van der Waals surface area contributed by atoms with E-state index in [9.17, 15) is 0 Å². The van der Waals surface area contributed by atoms with E-state index in [4.69, 9.17) is 0 Å². The molecule has 2 rings (SSSR count). The number of rotatable bonds is 3. The van der Waals surface area contributed by atoms with Gasteiger partial charge in [0, 0.05) is 31.1 Å². The largest absolute Gasteiger partial charge is 0.373 e. The summed E-state index contributed by atoms with van der Waals surface area (Å²) in [7, 11) is 1.90. The van der Waals surface area contributed by atoms with Crippen molar-refractivity contribution < 1.29 is 0 Å². The van der Waals surface area contributed by atoms with Crippen molar-refractivity contribution in [3.63, 3.8) is 0 Å². The van der Waals surface area contributed by atoms with Crippen LogP contribution in [0.15, 0.2) is 6.07 Å². The number of aryl methyl sites for hydroxylation is 1. The average Bonchev–Trinajstić information content (AvgIpc) is 2.57. The summed E-state index contributed by atoms with van der Waals surface area (Å²) in [5, 5.41) is 3.08. The molecule has 1 saturated heterocycles. The lowest BCUT2D eigenvalue weighted by Gasteiger charge is -2.18. The molecule has 0 atom stereocenters. The van der Waals surface area contributed by atoms with Gasteiger partial charge in [-0.15, -0.1) is 0 Å². The zero-order chi connectivity index (χ0) is 12.1. The van der Waals surface area contributed by atoms with Crippen molar-refractivity contribution in [3.8, 4) is 0 Å². The van der Waals surface area contributed by atoms with Crippen molar-refractivity contribution in [2.45, 2.75) is 19.9 Å². The van der Waals surface area contributed by atoms with Crippen LogP contribution in [0.3, 0.4) is 0 Å². The third-order valence-corrected chi connectivity index (χ3v) is 3.89. The Bertz CT molecular complexity index is 362. The fourth-order valence-corrected chi connectivity index (χ4v) is 2.91. The Morgan fingerprint density at radius 3 is 3.06 bits per heavy atom. The van der Waals surface area contributed by atoms with Crippen LogP contribution in [0.5, 0.6) is 0 Å². The van der Waals surface area contributed by atoms with Gasteiger partial charge in [0.05, 0.1) is 6.54 Å². The van der Waals surface area contributed by atoms with Crippen LogP contribution < -0.4 is 5.32 Å². The first-order chi connectivity index (χ1) is 8.28. The van der Waals surface area contributed by atoms with E-state index < -0.39 is 0 Å². The van der Waals surface area contributed by atoms with Crippen LogP contribution in [0.25, 0.3) is 0 Å². The van der Waals surface area contributed by atoms with Gasteiger partial charge in [0.25, 0.3) is 0 Å². The summed E-state index contributed by atoms with van der Waals surface area (Å²) >= 11 is 2.05. The molecule has 5 heteroatoms. The molecule has 0 bridgehead atoms. The molecule has 0 spiro atoms. The lowest BCUT2D eigenvalue weighted by molar-refractivity contribution is 0.280. The maximum Gasteiger partial charge on any atom is 0.144 e. The normalized spacial score (nSPS) is 17.8. The molecule has 0 unspecified atom stereocenters. The first-order valence-corrected chi connectivity index (χ1v) is 7.26. The maximum atomic E-state index is 4.51. The predicted molar refractivity (Wildman–Crippen MR) is 73.5 cm³/mol. The SMILES string of the molecule is CNc1cc(C)nc(CN2CCCSCC2)n1. The molecule has 94 valence electrons. The average molecular weight is 252 g/mol. The topological polar surface area (TPSA) is 41.1 Å². The molecule has 0 amide bonds. The van der Waals surface area contributed by atoms with Gasteiger partial charge in [0.1, 0.15) is 11.6 Å². The van der Waals surface area contributed by atoms with Crippen LogP contribution in [-0.4, -0.2) is 46.5 Å². The highest BCUT2D eigenvalue weighted by Crippen LogP contribution is 2.13. The quantitative estimate of drug-likeness (QED) is 0.888. The van der Waals surface area contributed by atoms with E-state index in [0.717, 1.165) is 30.4 Å². The molecular weight excluding hydrogens is 232 g/mol. The first kappa shape index (κ1) is 12.6. The second kappa shape index (κ2) is 6.21. The molecule has 1 N–H and O–H groups in total. The zero-order valence-electron chi connectivity index (χ0n) is 10.6. The van der Waals surface area contributed by atoms with Crippen molar-refractivity contribution in [1.82, 2.24) is 14.9 Å². The first-order valence-electron chi connectivity index (χ1n) is 6.10. The van der Waals surface area contributed by atoms with Crippen molar-refractivity contribution in [2.24, 2.45) is 0 Å². The number of hydrogen-bond donors (Lipinski definition) is 1. The van der Waals surface area contributed by atoms with E-state index in [0.29, 0.717) is 0 Å². The minimum Gasteiger partial charge on any atom is -0.373 e. The molecule has 1 aromatic rings. The van der Waals surface area contributed by atoms with Gasteiger partial charge in [0.2, 0.25) is 0 Å². The molecule has 0 aromatic carbocycles. The van der Waals surface area contributed by atoms with Gasteiger partial charge in [-0.05, 0) is 25.6 Å². The van der Waals surface area contributed by atoms with E-state index in [1.54, 1.807) is 0 Å². The molecule has 2 heterocycles. The minimum absolute atomic E-state index is 0.872. The second-order valence-electron chi connectivity index (χ2n) is 4.30. The molecule has 1 fully saturated rings. The lowest BCUT2D eigenvalue weighted by Crippen LogP contribution is -2.26. The highest BCUT2D eigenvalue weighted by Gasteiger charge is 2.11. The van der Waals surface area contributed by atoms with Crippen molar-refractivity contribution in [2.75, 3.05) is 37.0 Å². The van der Waals surface area contributed by atoms with Crippen LogP contribution >= 0.6 is 11.8 Å². The smallest absolute Gasteiger partial charge is 0.144 e. The highest BCUT2D eigenvalue weighted by molar-refractivity contribution is 7.99. The Kier molecular flexibility index (Phi) is 4.62. The van der Waals surface area contributed by atoms with Crippen molar-refractivity contribution >= 4 is 17.6 Å². The van der Waals surface area contributed by atoms with Crippen molar-refractivity contribution in [3.05, 3.63) is 17.6 Å². The number of nitrogens with zero attached hydrogens (tertiary/aromatic N) is 3. The Morgan fingerprint density at radius 2 is 2.24 bits per heavy atom. The second-order valence-corrected chi connectivity index (χ2v) is 5.53. The molecule has 0 aliphatic carbocycles. The Morgan fingerprint density at radius 1 is 1.35 bits per heavy atom. The molecule has 1 aromatic heterocycles. The molecule has 4 nitrogen and oxygen atoms in total. The van der Waals surface area contributed by atoms with Gasteiger partial charge in [-0.2, -0.15) is 11.8 Å². The zero-order valence-corrected chi connectivity index (χ0v) is 11.4. The van der Waals surface area contributed by atoms with E-state index >= 15 is 0 Å². The molecular formula is C12H20N4S. The van der Waals surface area contributed by atoms with Crippen LogP contribution in [0, 0.1) is 6.92 Å². The lowest BCUT2D eigenvalue weighted by atomic mass is 10.3. The molecule has 0 radical (unpaired) electrons. The van der Waals surface area contributed by atoms with Gasteiger partial charge in [-0.1, -0.05) is 0 Å². The Labute approximate surface area is 107 Å². The number of thioether (sulfide) groups is 1. The van der Waals surface area contributed by atoms with Crippen LogP contribution in [0.4, 0.5) is 5.82 Å². The van der Waals surface area contributed by atoms with Crippen molar-refractivity contribution in [1.29, 1.82) is 0 Å². The number of anilines is 1. The predicted octanol–water partition coefficient (Wildman–Crippen LogP) is 1.77. The maximum absolute atomic E-state index is 4.51. The van der Waals surface area contributed by atoms with Gasteiger partial charge >= 0.3 is 0 Å². The van der Waals surface area contributed by atoms with E-state index in [-0.39, 0.29) is 0 Å². The van der Waals surface area contributed by atoms with Gasteiger partial charge in [-0.3, -0.25) is 4.90 Å². The van der Waals surface area contributed by atoms with Crippen LogP contribution in [-0.2, 0) is 6.54 Å². The summed E-state index contributed by atoms with van der Waals surface area (Å²) < 4.78 is 0. The number of aromatic nitrogens is 2. The van der Waals surface area contributed by atoms with Gasteiger partial charge < -0.3 is 5.32 Å².